The van der Waals surface area contributed by atoms with Crippen LogP contribution in [0.4, 0.5) is 0 Å². The van der Waals surface area contributed by atoms with Gasteiger partial charge in [-0.25, -0.2) is 0 Å². The molecule has 1 N–H and O–H groups in total. The van der Waals surface area contributed by atoms with E-state index >= 15 is 0 Å². The number of carbonyl (C=O) groups excluding carboxylic acids is 1. The van der Waals surface area contributed by atoms with Crippen LogP contribution in [0.2, 0.25) is 0 Å². The van der Waals surface area contributed by atoms with E-state index in [0.717, 1.165) is 25.1 Å². The van der Waals surface area contributed by atoms with Gasteiger partial charge in [0.2, 0.25) is 0 Å². The fourth-order valence-electron chi connectivity index (χ4n) is 2.68. The second-order valence-corrected chi connectivity index (χ2v) is 6.83. The summed E-state index contributed by atoms with van der Waals surface area (Å²) in [5, 5.41) is 3.36. The van der Waals surface area contributed by atoms with Crippen LogP contribution in [0.25, 0.3) is 0 Å². The Morgan fingerprint density at radius 1 is 1.35 bits per heavy atom. The largest absolute Gasteiger partial charge is 0.338 e. The van der Waals surface area contributed by atoms with E-state index < -0.39 is 0 Å². The van der Waals surface area contributed by atoms with Gasteiger partial charge in [0.05, 0.1) is 0 Å². The lowest BCUT2D eigenvalue weighted by molar-refractivity contribution is 0.0628. The van der Waals surface area contributed by atoms with Gasteiger partial charge in [0.25, 0.3) is 5.91 Å². The molecule has 0 aromatic heterocycles. The first kappa shape index (κ1) is 15.0. The predicted molar refractivity (Wildman–Crippen MR) is 82.9 cm³/mol. The standard InChI is InChI=1S/C17H26N2O/c1-12(17(2,3)4)19(5)16(20)15-8-6-7-13-11-18-10-9-14(13)15/h6-8,12,18H,9-11H2,1-5H3. The third-order valence-electron chi connectivity index (χ3n) is 4.53. The van der Waals surface area contributed by atoms with Crippen LogP contribution < -0.4 is 5.32 Å². The van der Waals surface area contributed by atoms with Gasteiger partial charge < -0.3 is 10.2 Å². The summed E-state index contributed by atoms with van der Waals surface area (Å²) >= 11 is 0. The van der Waals surface area contributed by atoms with E-state index in [1.54, 1.807) is 0 Å². The van der Waals surface area contributed by atoms with E-state index in [9.17, 15) is 4.79 Å². The number of hydrogen-bond acceptors (Lipinski definition) is 2. The molecule has 1 amide bonds. The van der Waals surface area contributed by atoms with Gasteiger partial charge in [-0.3, -0.25) is 4.79 Å². The van der Waals surface area contributed by atoms with Crippen LogP contribution >= 0.6 is 0 Å². The Balaban J connectivity index is 2.30. The van der Waals surface area contributed by atoms with Gasteiger partial charge in [-0.2, -0.15) is 0 Å². The number of benzene rings is 1. The van der Waals surface area contributed by atoms with Crippen LogP contribution in [-0.4, -0.2) is 30.4 Å². The zero-order valence-electron chi connectivity index (χ0n) is 13.3. The lowest BCUT2D eigenvalue weighted by atomic mass is 9.86. The average molecular weight is 274 g/mol. The third kappa shape index (κ3) is 2.88. The SMILES string of the molecule is CC(N(C)C(=O)c1cccc2c1CCNC2)C(C)(C)C. The number of nitrogens with zero attached hydrogens (tertiary/aromatic N) is 1. The smallest absolute Gasteiger partial charge is 0.254 e. The molecule has 1 heterocycles. The summed E-state index contributed by atoms with van der Waals surface area (Å²) in [5.41, 5.74) is 3.45. The minimum Gasteiger partial charge on any atom is -0.338 e. The van der Waals surface area contributed by atoms with Crippen molar-refractivity contribution in [3.63, 3.8) is 0 Å². The maximum atomic E-state index is 12.8. The van der Waals surface area contributed by atoms with Crippen molar-refractivity contribution in [1.29, 1.82) is 0 Å². The molecule has 0 fully saturated rings. The summed E-state index contributed by atoms with van der Waals surface area (Å²) in [7, 11) is 1.92. The second-order valence-electron chi connectivity index (χ2n) is 6.83. The van der Waals surface area contributed by atoms with Gasteiger partial charge in [0.15, 0.2) is 0 Å². The molecular weight excluding hydrogens is 248 g/mol. The van der Waals surface area contributed by atoms with Crippen LogP contribution in [-0.2, 0) is 13.0 Å². The zero-order chi connectivity index (χ0) is 14.9. The van der Waals surface area contributed by atoms with Gasteiger partial charge in [-0.05, 0) is 42.5 Å². The van der Waals surface area contributed by atoms with Gasteiger partial charge >= 0.3 is 0 Å². The number of rotatable bonds is 2. The summed E-state index contributed by atoms with van der Waals surface area (Å²) in [6, 6.07) is 6.28. The Hall–Kier alpha value is -1.35. The van der Waals surface area contributed by atoms with E-state index in [4.69, 9.17) is 0 Å². The van der Waals surface area contributed by atoms with Crippen molar-refractivity contribution in [1.82, 2.24) is 10.2 Å². The van der Waals surface area contributed by atoms with Crippen LogP contribution in [0.15, 0.2) is 18.2 Å². The first-order chi connectivity index (χ1) is 9.32. The summed E-state index contributed by atoms with van der Waals surface area (Å²) in [6.45, 7) is 10.5. The fraction of sp³-hybridized carbons (Fsp3) is 0.588. The quantitative estimate of drug-likeness (QED) is 0.899. The molecule has 1 atom stereocenters. The predicted octanol–water partition coefficient (Wildman–Crippen LogP) is 2.84. The highest BCUT2D eigenvalue weighted by molar-refractivity contribution is 5.96. The molecule has 1 aromatic rings. The minimum atomic E-state index is 0.0841. The Morgan fingerprint density at radius 3 is 2.70 bits per heavy atom. The second kappa shape index (κ2) is 5.57. The molecule has 3 nitrogen and oxygen atoms in total. The monoisotopic (exact) mass is 274 g/mol. The summed E-state index contributed by atoms with van der Waals surface area (Å²) < 4.78 is 0. The molecule has 1 aliphatic rings. The number of amides is 1. The van der Waals surface area contributed by atoms with Crippen LogP contribution in [0.5, 0.6) is 0 Å². The molecule has 0 radical (unpaired) electrons. The molecule has 0 aliphatic carbocycles. The lowest BCUT2D eigenvalue weighted by Crippen LogP contribution is -2.43. The summed E-state index contributed by atoms with van der Waals surface area (Å²) in [5.74, 6) is 0.145. The van der Waals surface area contributed by atoms with Crippen LogP contribution in [0.3, 0.4) is 0 Å². The highest BCUT2D eigenvalue weighted by atomic mass is 16.2. The number of fused-ring (bicyclic) bond motifs is 1. The number of hydrogen-bond donors (Lipinski definition) is 1. The van der Waals surface area contributed by atoms with Crippen molar-refractivity contribution in [2.75, 3.05) is 13.6 Å². The fourth-order valence-corrected chi connectivity index (χ4v) is 2.68. The molecule has 3 heteroatoms. The van der Waals surface area contributed by atoms with Crippen LogP contribution in [0.1, 0.15) is 49.2 Å². The molecule has 0 saturated heterocycles. The molecular formula is C17H26N2O. The van der Waals surface area contributed by atoms with Crippen molar-refractivity contribution in [3.05, 3.63) is 34.9 Å². The molecule has 110 valence electrons. The maximum Gasteiger partial charge on any atom is 0.254 e. The van der Waals surface area contributed by atoms with Gasteiger partial charge in [0.1, 0.15) is 0 Å². The zero-order valence-corrected chi connectivity index (χ0v) is 13.3. The Labute approximate surface area is 122 Å². The van der Waals surface area contributed by atoms with Crippen molar-refractivity contribution < 1.29 is 4.79 Å². The highest BCUT2D eigenvalue weighted by Gasteiger charge is 2.29. The molecule has 1 aliphatic heterocycles. The summed E-state index contributed by atoms with van der Waals surface area (Å²) in [6.07, 6.45) is 0.939. The first-order valence-electron chi connectivity index (χ1n) is 7.41. The van der Waals surface area contributed by atoms with Crippen molar-refractivity contribution in [2.45, 2.75) is 46.7 Å². The molecule has 1 aromatic carbocycles. The van der Waals surface area contributed by atoms with Gasteiger partial charge in [0, 0.05) is 25.2 Å². The van der Waals surface area contributed by atoms with Crippen molar-refractivity contribution >= 4 is 5.91 Å². The third-order valence-corrected chi connectivity index (χ3v) is 4.53. The van der Waals surface area contributed by atoms with E-state index in [0.29, 0.717) is 0 Å². The highest BCUT2D eigenvalue weighted by Crippen LogP contribution is 2.26. The Bertz CT molecular complexity index is 502. The maximum absolute atomic E-state index is 12.8. The Morgan fingerprint density at radius 2 is 2.05 bits per heavy atom. The topological polar surface area (TPSA) is 32.3 Å². The molecule has 0 saturated carbocycles. The Kier molecular flexibility index (Phi) is 4.19. The number of nitrogens with one attached hydrogen (secondary N) is 1. The van der Waals surface area contributed by atoms with E-state index in [-0.39, 0.29) is 17.4 Å². The molecule has 2 rings (SSSR count). The molecule has 20 heavy (non-hydrogen) atoms. The van der Waals surface area contributed by atoms with E-state index in [2.05, 4.69) is 39.1 Å². The minimum absolute atomic E-state index is 0.0841. The first-order valence-corrected chi connectivity index (χ1v) is 7.41. The van der Waals surface area contributed by atoms with Crippen molar-refractivity contribution in [3.8, 4) is 0 Å². The van der Waals surface area contributed by atoms with Crippen molar-refractivity contribution in [2.24, 2.45) is 5.41 Å². The van der Waals surface area contributed by atoms with Gasteiger partial charge in [-0.1, -0.05) is 32.9 Å². The van der Waals surface area contributed by atoms with Gasteiger partial charge in [-0.15, -0.1) is 0 Å². The molecule has 0 spiro atoms. The molecule has 0 bridgehead atoms. The van der Waals surface area contributed by atoms with Crippen LogP contribution in [0, 0.1) is 5.41 Å². The van der Waals surface area contributed by atoms with E-state index in [1.807, 2.05) is 24.1 Å². The normalized spacial score (nSPS) is 16.4. The lowest BCUT2D eigenvalue weighted by Gasteiger charge is -2.36. The summed E-state index contributed by atoms with van der Waals surface area (Å²) in [4.78, 5) is 14.7. The van der Waals surface area contributed by atoms with E-state index in [1.165, 1.54) is 11.1 Å². The molecule has 1 unspecified atom stereocenters. The number of carbonyl (C=O) groups is 1. The average Bonchev–Trinajstić information content (AvgIpc) is 2.43.